The molecule has 0 spiro atoms. The zero-order valence-electron chi connectivity index (χ0n) is 11.6. The van der Waals surface area contributed by atoms with Crippen molar-refractivity contribution < 1.29 is 14.8 Å². The zero-order chi connectivity index (χ0) is 15.2. The van der Waals surface area contributed by atoms with Gasteiger partial charge in [-0.15, -0.1) is 0 Å². The molecule has 0 heterocycles. The first-order valence-corrected chi connectivity index (χ1v) is 6.57. The summed E-state index contributed by atoms with van der Waals surface area (Å²) in [5.41, 5.74) is 0.251. The molecule has 2 N–H and O–H groups in total. The molecule has 1 atom stereocenters. The average Bonchev–Trinajstić information content (AvgIpc) is 2.38. The van der Waals surface area contributed by atoms with Gasteiger partial charge in [-0.2, -0.15) is 0 Å². The van der Waals surface area contributed by atoms with Gasteiger partial charge in [-0.25, -0.2) is 0 Å². The van der Waals surface area contributed by atoms with Crippen molar-refractivity contribution in [2.75, 3.05) is 20.3 Å². The van der Waals surface area contributed by atoms with Crippen molar-refractivity contribution in [3.05, 3.63) is 38.9 Å². The second-order valence-electron chi connectivity index (χ2n) is 4.86. The Kier molecular flexibility index (Phi) is 6.35. The van der Waals surface area contributed by atoms with Gasteiger partial charge < -0.3 is 15.2 Å². The minimum Gasteiger partial charge on any atom is -0.396 e. The first-order chi connectivity index (χ1) is 9.41. The first kappa shape index (κ1) is 16.8. The first-order valence-electron chi connectivity index (χ1n) is 6.19. The van der Waals surface area contributed by atoms with Gasteiger partial charge in [0.15, 0.2) is 0 Å². The van der Waals surface area contributed by atoms with Crippen molar-refractivity contribution >= 4 is 17.3 Å². The Balaban J connectivity index is 2.78. The number of benzene rings is 1. The second kappa shape index (κ2) is 7.54. The molecule has 0 aromatic heterocycles. The van der Waals surface area contributed by atoms with Crippen LogP contribution in [0.15, 0.2) is 18.2 Å². The van der Waals surface area contributed by atoms with Gasteiger partial charge in [0.05, 0.1) is 11.5 Å². The van der Waals surface area contributed by atoms with Gasteiger partial charge in [-0.1, -0.05) is 17.7 Å². The van der Waals surface area contributed by atoms with E-state index < -0.39 is 10.5 Å². The van der Waals surface area contributed by atoms with E-state index in [4.69, 9.17) is 21.4 Å². The lowest BCUT2D eigenvalue weighted by molar-refractivity contribution is -0.384. The predicted octanol–water partition coefficient (Wildman–Crippen LogP) is 2.13. The largest absolute Gasteiger partial charge is 0.396 e. The van der Waals surface area contributed by atoms with Gasteiger partial charge in [0.2, 0.25) is 0 Å². The highest BCUT2D eigenvalue weighted by atomic mass is 35.5. The van der Waals surface area contributed by atoms with Crippen LogP contribution in [0.4, 0.5) is 5.69 Å². The van der Waals surface area contributed by atoms with E-state index in [0.717, 1.165) is 5.56 Å². The van der Waals surface area contributed by atoms with Crippen LogP contribution in [0.25, 0.3) is 0 Å². The lowest BCUT2D eigenvalue weighted by Gasteiger charge is -2.29. The van der Waals surface area contributed by atoms with Gasteiger partial charge in [0.1, 0.15) is 5.02 Å². The highest BCUT2D eigenvalue weighted by Gasteiger charge is 2.23. The smallest absolute Gasteiger partial charge is 0.288 e. The molecule has 7 heteroatoms. The Morgan fingerprint density at radius 2 is 2.25 bits per heavy atom. The minimum atomic E-state index is -0.506. The van der Waals surface area contributed by atoms with E-state index in [0.29, 0.717) is 19.6 Å². The number of aliphatic hydroxyl groups is 1. The van der Waals surface area contributed by atoms with Crippen LogP contribution < -0.4 is 5.32 Å². The van der Waals surface area contributed by atoms with Crippen LogP contribution in [0, 0.1) is 10.1 Å². The number of rotatable bonds is 8. The normalized spacial score (nSPS) is 14.0. The van der Waals surface area contributed by atoms with Crippen molar-refractivity contribution in [3.8, 4) is 0 Å². The van der Waals surface area contributed by atoms with E-state index in [-0.39, 0.29) is 17.3 Å². The lowest BCUT2D eigenvalue weighted by Crippen LogP contribution is -2.46. The standard InChI is InChI=1S/C13H19ClN2O4/c1-13(5-6-17,9-20-2)15-8-10-3-4-11(14)12(7-10)16(18)19/h3-4,7,15,17H,5-6,8-9H2,1-2H3. The molecule has 6 nitrogen and oxygen atoms in total. The van der Waals surface area contributed by atoms with E-state index in [1.165, 1.54) is 12.1 Å². The fraction of sp³-hybridized carbons (Fsp3) is 0.538. The van der Waals surface area contributed by atoms with Crippen LogP contribution in [0.5, 0.6) is 0 Å². The molecular weight excluding hydrogens is 284 g/mol. The molecule has 1 rings (SSSR count). The Bertz CT molecular complexity index is 462. The average molecular weight is 303 g/mol. The summed E-state index contributed by atoms with van der Waals surface area (Å²) in [5.74, 6) is 0. The number of hydrogen-bond acceptors (Lipinski definition) is 5. The Hall–Kier alpha value is -1.21. The summed E-state index contributed by atoms with van der Waals surface area (Å²) >= 11 is 5.77. The molecule has 0 bridgehead atoms. The van der Waals surface area contributed by atoms with Crippen LogP contribution in [-0.2, 0) is 11.3 Å². The van der Waals surface area contributed by atoms with Crippen molar-refractivity contribution in [1.82, 2.24) is 5.32 Å². The number of ether oxygens (including phenoxy) is 1. The molecule has 20 heavy (non-hydrogen) atoms. The highest BCUT2D eigenvalue weighted by molar-refractivity contribution is 6.32. The molecule has 0 radical (unpaired) electrons. The van der Waals surface area contributed by atoms with Gasteiger partial charge >= 0.3 is 0 Å². The number of hydrogen-bond donors (Lipinski definition) is 2. The van der Waals surface area contributed by atoms with Crippen LogP contribution in [0.2, 0.25) is 5.02 Å². The number of nitro benzene ring substituents is 1. The Labute approximate surface area is 122 Å². The summed E-state index contributed by atoms with van der Waals surface area (Å²) in [6.45, 7) is 2.83. The monoisotopic (exact) mass is 302 g/mol. The Morgan fingerprint density at radius 1 is 1.55 bits per heavy atom. The van der Waals surface area contributed by atoms with Crippen LogP contribution in [0.3, 0.4) is 0 Å². The molecule has 112 valence electrons. The number of nitrogens with one attached hydrogen (secondary N) is 1. The third kappa shape index (κ3) is 4.72. The number of aliphatic hydroxyl groups excluding tert-OH is 1. The third-order valence-corrected chi connectivity index (χ3v) is 3.37. The number of nitrogens with zero attached hydrogens (tertiary/aromatic N) is 1. The molecule has 1 aromatic carbocycles. The SMILES string of the molecule is COCC(C)(CCO)NCc1ccc(Cl)c([N+](=O)[O-])c1. The maximum absolute atomic E-state index is 10.8. The molecular formula is C13H19ClN2O4. The number of nitro groups is 1. The summed E-state index contributed by atoms with van der Waals surface area (Å²) < 4.78 is 5.13. The van der Waals surface area contributed by atoms with Gasteiger partial charge in [-0.3, -0.25) is 10.1 Å². The van der Waals surface area contributed by atoms with Crippen molar-refractivity contribution in [1.29, 1.82) is 0 Å². The van der Waals surface area contributed by atoms with E-state index in [1.54, 1.807) is 13.2 Å². The quantitative estimate of drug-likeness (QED) is 0.567. The van der Waals surface area contributed by atoms with Gasteiger partial charge in [-0.05, 0) is 25.0 Å². The van der Waals surface area contributed by atoms with Crippen molar-refractivity contribution in [2.45, 2.75) is 25.4 Å². The molecule has 0 fully saturated rings. The van der Waals surface area contributed by atoms with Gasteiger partial charge in [0.25, 0.3) is 5.69 Å². The maximum atomic E-state index is 10.8. The molecule has 0 saturated heterocycles. The van der Waals surface area contributed by atoms with Crippen LogP contribution in [-0.4, -0.2) is 35.9 Å². The molecule has 1 aromatic rings. The molecule has 0 aliphatic rings. The van der Waals surface area contributed by atoms with E-state index >= 15 is 0 Å². The second-order valence-corrected chi connectivity index (χ2v) is 5.27. The summed E-state index contributed by atoms with van der Waals surface area (Å²) in [4.78, 5) is 10.3. The molecule has 0 aliphatic carbocycles. The fourth-order valence-electron chi connectivity index (χ4n) is 1.90. The van der Waals surface area contributed by atoms with E-state index in [1.807, 2.05) is 6.92 Å². The summed E-state index contributed by atoms with van der Waals surface area (Å²) in [6, 6.07) is 4.69. The van der Waals surface area contributed by atoms with E-state index in [2.05, 4.69) is 5.32 Å². The van der Waals surface area contributed by atoms with Crippen molar-refractivity contribution in [3.63, 3.8) is 0 Å². The topological polar surface area (TPSA) is 84.6 Å². The summed E-state index contributed by atoms with van der Waals surface area (Å²) in [7, 11) is 1.59. The molecule has 0 saturated carbocycles. The summed E-state index contributed by atoms with van der Waals surface area (Å²) in [6.07, 6.45) is 0.524. The van der Waals surface area contributed by atoms with Crippen LogP contribution >= 0.6 is 11.6 Å². The highest BCUT2D eigenvalue weighted by Crippen LogP contribution is 2.25. The van der Waals surface area contributed by atoms with Crippen LogP contribution in [0.1, 0.15) is 18.9 Å². The number of halogens is 1. The predicted molar refractivity (Wildman–Crippen MR) is 76.9 cm³/mol. The third-order valence-electron chi connectivity index (χ3n) is 3.05. The molecule has 1 unspecified atom stereocenters. The molecule has 0 aliphatic heterocycles. The summed E-state index contributed by atoms with van der Waals surface area (Å²) in [5, 5.41) is 23.3. The zero-order valence-corrected chi connectivity index (χ0v) is 12.3. The fourth-order valence-corrected chi connectivity index (χ4v) is 2.09. The van der Waals surface area contributed by atoms with E-state index in [9.17, 15) is 10.1 Å². The van der Waals surface area contributed by atoms with Gasteiger partial charge in [0, 0.05) is 31.9 Å². The lowest BCUT2D eigenvalue weighted by atomic mass is 9.99. The van der Waals surface area contributed by atoms with Crippen molar-refractivity contribution in [2.24, 2.45) is 0 Å². The molecule has 0 amide bonds. The number of methoxy groups -OCH3 is 1. The Morgan fingerprint density at radius 3 is 2.80 bits per heavy atom. The minimum absolute atomic E-state index is 0.0353. The maximum Gasteiger partial charge on any atom is 0.288 e.